The first-order valence-electron chi connectivity index (χ1n) is 9.53. The molecule has 0 amide bonds. The maximum Gasteiger partial charge on any atom is 0.316 e. The monoisotopic (exact) mass is 395 g/mol. The van der Waals surface area contributed by atoms with Crippen LogP contribution < -0.4 is 4.74 Å². The van der Waals surface area contributed by atoms with Crippen LogP contribution in [0, 0.1) is 29.0 Å². The summed E-state index contributed by atoms with van der Waals surface area (Å²) in [6.45, 7) is 6.34. The maximum absolute atomic E-state index is 14.3. The number of allylic oxidation sites excluding steroid dienone is 1. The normalized spacial score (nSPS) is 24.4. The smallest absolute Gasteiger partial charge is 0.316 e. The highest BCUT2D eigenvalue weighted by atomic mass is 35.5. The average Bonchev–Trinajstić information content (AvgIpc) is 2.91. The maximum atomic E-state index is 14.3. The molecule has 2 bridgehead atoms. The second-order valence-electron chi connectivity index (χ2n) is 9.14. The third kappa shape index (κ3) is 5.11. The summed E-state index contributed by atoms with van der Waals surface area (Å²) < 4.78 is 19.8. The molecular weight excluding hydrogens is 365 g/mol. The molecule has 2 aliphatic carbocycles. The van der Waals surface area contributed by atoms with E-state index in [9.17, 15) is 9.18 Å². The van der Waals surface area contributed by atoms with Gasteiger partial charge in [-0.2, -0.15) is 0 Å². The van der Waals surface area contributed by atoms with E-state index in [1.54, 1.807) is 26.8 Å². The van der Waals surface area contributed by atoms with Gasteiger partial charge in [0.15, 0.2) is 0 Å². The molecule has 3 rings (SSSR count). The van der Waals surface area contributed by atoms with E-state index < -0.39 is 5.41 Å². The summed E-state index contributed by atoms with van der Waals surface area (Å²) in [6.07, 6.45) is 6.04. The molecule has 0 aliphatic heterocycles. The lowest BCUT2D eigenvalue weighted by Gasteiger charge is -2.33. The largest absolute Gasteiger partial charge is 0.426 e. The van der Waals surface area contributed by atoms with Gasteiger partial charge in [-0.3, -0.25) is 4.79 Å². The van der Waals surface area contributed by atoms with Crippen molar-refractivity contribution in [2.45, 2.75) is 40.0 Å². The van der Waals surface area contributed by atoms with Crippen LogP contribution in [0.4, 0.5) is 4.39 Å². The molecule has 0 radical (unpaired) electrons. The summed E-state index contributed by atoms with van der Waals surface area (Å²) in [7, 11) is 4.17. The molecule has 3 atom stereocenters. The lowest BCUT2D eigenvalue weighted by molar-refractivity contribution is -0.143. The van der Waals surface area contributed by atoms with E-state index in [2.05, 4.69) is 25.1 Å². The van der Waals surface area contributed by atoms with Crippen LogP contribution in [0.1, 0.15) is 45.6 Å². The molecule has 2 aliphatic rings. The molecule has 27 heavy (non-hydrogen) atoms. The fourth-order valence-corrected chi connectivity index (χ4v) is 4.20. The zero-order chi connectivity index (χ0) is 19.1. The van der Waals surface area contributed by atoms with E-state index in [1.807, 2.05) is 6.07 Å². The van der Waals surface area contributed by atoms with Gasteiger partial charge in [0, 0.05) is 12.6 Å². The van der Waals surface area contributed by atoms with Crippen LogP contribution in [0.3, 0.4) is 0 Å². The molecule has 3 nitrogen and oxygen atoms in total. The fourth-order valence-electron chi connectivity index (χ4n) is 4.20. The van der Waals surface area contributed by atoms with Gasteiger partial charge < -0.3 is 9.64 Å². The van der Waals surface area contributed by atoms with Crippen molar-refractivity contribution < 1.29 is 13.9 Å². The minimum absolute atomic E-state index is 0. The molecule has 1 aromatic rings. The van der Waals surface area contributed by atoms with Crippen molar-refractivity contribution in [3.05, 3.63) is 35.7 Å². The number of hydrogen-bond donors (Lipinski definition) is 0. The number of ether oxygens (including phenoxy) is 1. The van der Waals surface area contributed by atoms with Crippen molar-refractivity contribution in [3.8, 4) is 5.75 Å². The van der Waals surface area contributed by atoms with E-state index in [0.717, 1.165) is 12.1 Å². The summed E-state index contributed by atoms with van der Waals surface area (Å²) >= 11 is 0. The molecule has 3 unspecified atom stereocenters. The number of fused-ring (bicyclic) bond motifs is 2. The molecule has 1 aromatic carbocycles. The Morgan fingerprint density at radius 1 is 1.22 bits per heavy atom. The summed E-state index contributed by atoms with van der Waals surface area (Å²) in [5, 5.41) is 0. The Bertz CT molecular complexity index is 724. The SMILES string of the molecule is CN(C)CC1C(c2cc(F)cc(OC(=O)C(C)(C)C)c2)=CC2CCC1C2.Cl. The fraction of sp³-hybridized carbons (Fsp3) is 0.591. The number of esters is 1. The van der Waals surface area contributed by atoms with Crippen molar-refractivity contribution >= 4 is 23.9 Å². The molecule has 5 heteroatoms. The predicted octanol–water partition coefficient (Wildman–Crippen LogP) is 5.19. The number of carbonyl (C=O) groups excluding carboxylic acids is 1. The summed E-state index contributed by atoms with van der Waals surface area (Å²) in [6, 6.07) is 4.70. The first kappa shape index (κ1) is 21.9. The van der Waals surface area contributed by atoms with Gasteiger partial charge in [0.1, 0.15) is 11.6 Å². The Labute approximate surface area is 168 Å². The third-order valence-electron chi connectivity index (χ3n) is 5.49. The van der Waals surface area contributed by atoms with Gasteiger partial charge in [0.2, 0.25) is 0 Å². The highest BCUT2D eigenvalue weighted by Crippen LogP contribution is 2.48. The van der Waals surface area contributed by atoms with E-state index in [1.165, 1.54) is 30.9 Å². The first-order valence-corrected chi connectivity index (χ1v) is 9.53. The van der Waals surface area contributed by atoms with Crippen molar-refractivity contribution in [2.75, 3.05) is 20.6 Å². The molecule has 1 saturated carbocycles. The van der Waals surface area contributed by atoms with Crippen molar-refractivity contribution in [3.63, 3.8) is 0 Å². The summed E-state index contributed by atoms with van der Waals surface area (Å²) in [5.41, 5.74) is 1.44. The molecule has 1 fully saturated rings. The Morgan fingerprint density at radius 2 is 1.93 bits per heavy atom. The van der Waals surface area contributed by atoms with Crippen LogP contribution in [-0.4, -0.2) is 31.5 Å². The van der Waals surface area contributed by atoms with Gasteiger partial charge in [-0.1, -0.05) is 6.08 Å². The Morgan fingerprint density at radius 3 is 2.56 bits per heavy atom. The molecule has 0 heterocycles. The second kappa shape index (κ2) is 8.32. The highest BCUT2D eigenvalue weighted by molar-refractivity contribution is 5.85. The Hall–Kier alpha value is -1.39. The average molecular weight is 396 g/mol. The van der Waals surface area contributed by atoms with Gasteiger partial charge in [0.25, 0.3) is 0 Å². The van der Waals surface area contributed by atoms with Gasteiger partial charge in [0.05, 0.1) is 5.41 Å². The van der Waals surface area contributed by atoms with Crippen LogP contribution in [0.15, 0.2) is 24.3 Å². The number of carbonyl (C=O) groups is 1. The standard InChI is InChI=1S/C22H30FNO2.ClH/c1-22(2,3)21(25)26-18-11-16(10-17(23)12-18)19-9-14-6-7-15(8-14)20(19)13-24(4)5;/h9-12,14-15,20H,6-8,13H2,1-5H3;1H. The number of rotatable bonds is 4. The zero-order valence-corrected chi connectivity index (χ0v) is 17.7. The number of nitrogens with zero attached hydrogens (tertiary/aromatic N) is 1. The van der Waals surface area contributed by atoms with Crippen molar-refractivity contribution in [1.29, 1.82) is 0 Å². The minimum Gasteiger partial charge on any atom is -0.426 e. The zero-order valence-electron chi connectivity index (χ0n) is 16.9. The lowest BCUT2D eigenvalue weighted by Crippen LogP contribution is -2.29. The molecule has 0 saturated heterocycles. The number of hydrogen-bond acceptors (Lipinski definition) is 3. The van der Waals surface area contributed by atoms with Crippen LogP contribution in [0.25, 0.3) is 5.57 Å². The van der Waals surface area contributed by atoms with Crippen LogP contribution in [-0.2, 0) is 4.79 Å². The van der Waals surface area contributed by atoms with Gasteiger partial charge in [-0.05, 0) is 95.2 Å². The van der Waals surface area contributed by atoms with Crippen LogP contribution in [0.5, 0.6) is 5.75 Å². The van der Waals surface area contributed by atoms with E-state index in [4.69, 9.17) is 4.74 Å². The number of benzene rings is 1. The minimum atomic E-state index is -0.622. The van der Waals surface area contributed by atoms with E-state index >= 15 is 0 Å². The van der Waals surface area contributed by atoms with Crippen molar-refractivity contribution in [1.82, 2.24) is 4.90 Å². The van der Waals surface area contributed by atoms with E-state index in [0.29, 0.717) is 23.5 Å². The van der Waals surface area contributed by atoms with Crippen molar-refractivity contribution in [2.24, 2.45) is 23.2 Å². The molecule has 0 N–H and O–H groups in total. The first-order chi connectivity index (χ1) is 12.1. The third-order valence-corrected chi connectivity index (χ3v) is 5.49. The van der Waals surface area contributed by atoms with E-state index in [-0.39, 0.29) is 24.2 Å². The van der Waals surface area contributed by atoms with Gasteiger partial charge in [-0.15, -0.1) is 12.4 Å². The molecular formula is C22H31ClFNO2. The molecule has 0 aromatic heterocycles. The molecule has 0 spiro atoms. The second-order valence-corrected chi connectivity index (χ2v) is 9.14. The number of halogens is 2. The summed E-state index contributed by atoms with van der Waals surface area (Å²) in [5.74, 6) is 1.24. The Kier molecular flexibility index (Phi) is 6.75. The van der Waals surface area contributed by atoms with Gasteiger partial charge in [-0.25, -0.2) is 4.39 Å². The predicted molar refractivity (Wildman–Crippen MR) is 110 cm³/mol. The topological polar surface area (TPSA) is 29.5 Å². The quantitative estimate of drug-likeness (QED) is 0.519. The highest BCUT2D eigenvalue weighted by Gasteiger charge is 2.37. The Balaban J connectivity index is 0.00000261. The van der Waals surface area contributed by atoms with Gasteiger partial charge >= 0.3 is 5.97 Å². The van der Waals surface area contributed by atoms with Crippen LogP contribution >= 0.6 is 12.4 Å². The lowest BCUT2D eigenvalue weighted by atomic mass is 9.76. The van der Waals surface area contributed by atoms with Crippen LogP contribution in [0.2, 0.25) is 0 Å². The molecule has 150 valence electrons. The summed E-state index contributed by atoms with van der Waals surface area (Å²) in [4.78, 5) is 14.4.